The highest BCUT2D eigenvalue weighted by Gasteiger charge is 2.55. The summed E-state index contributed by atoms with van der Waals surface area (Å²) in [5.41, 5.74) is 4.24. The van der Waals surface area contributed by atoms with E-state index in [9.17, 15) is 19.5 Å². The molecule has 35 heavy (non-hydrogen) atoms. The second-order valence-corrected chi connectivity index (χ2v) is 10.5. The Bertz CT molecular complexity index is 1110. The molecule has 2 aromatic carbocycles. The van der Waals surface area contributed by atoms with Gasteiger partial charge in [-0.2, -0.15) is 0 Å². The van der Waals surface area contributed by atoms with Gasteiger partial charge < -0.3 is 20.1 Å². The number of likely N-dealkylation sites (tertiary alicyclic amines) is 1. The standard InChI is InChI=1S/C28H32N2O5/c1-17(2)24(25(31)30-14-23(26(32)33)28(16-30)12-7-13-28)29-27(34)35-15-22-20-10-5-3-8-18(20)19-9-4-6-11-21(19)22/h3-6,8-11,17,22-24H,7,12-16H2,1-2H3,(H,29,34)(H,32,33)/t23?,24-/m0/s1. The average molecular weight is 477 g/mol. The fourth-order valence-corrected chi connectivity index (χ4v) is 6.09. The third-order valence-corrected chi connectivity index (χ3v) is 8.16. The second kappa shape index (κ2) is 9.02. The van der Waals surface area contributed by atoms with Crippen LogP contribution in [0, 0.1) is 17.3 Å². The van der Waals surface area contributed by atoms with E-state index in [0.717, 1.165) is 41.5 Å². The van der Waals surface area contributed by atoms with E-state index in [1.54, 1.807) is 4.90 Å². The highest BCUT2D eigenvalue weighted by Crippen LogP contribution is 2.52. The lowest BCUT2D eigenvalue weighted by Crippen LogP contribution is -2.51. The lowest BCUT2D eigenvalue weighted by atomic mass is 9.63. The van der Waals surface area contributed by atoms with Crippen LogP contribution in [0.3, 0.4) is 0 Å². The van der Waals surface area contributed by atoms with Crippen molar-refractivity contribution in [3.63, 3.8) is 0 Å². The van der Waals surface area contributed by atoms with Gasteiger partial charge in [-0.05, 0) is 41.0 Å². The molecule has 2 atom stereocenters. The van der Waals surface area contributed by atoms with E-state index in [1.165, 1.54) is 0 Å². The van der Waals surface area contributed by atoms with Gasteiger partial charge in [0, 0.05) is 24.4 Å². The van der Waals surface area contributed by atoms with Crippen LogP contribution in [-0.2, 0) is 14.3 Å². The molecule has 0 radical (unpaired) electrons. The lowest BCUT2D eigenvalue weighted by molar-refractivity contribution is -0.146. The number of carbonyl (C=O) groups is 3. The molecule has 0 bridgehead atoms. The van der Waals surface area contributed by atoms with Crippen molar-refractivity contribution in [2.24, 2.45) is 17.3 Å². The Morgan fingerprint density at radius 1 is 1.06 bits per heavy atom. The first-order valence-corrected chi connectivity index (χ1v) is 12.4. The molecule has 5 rings (SSSR count). The second-order valence-electron chi connectivity index (χ2n) is 10.5. The summed E-state index contributed by atoms with van der Waals surface area (Å²) in [6.45, 7) is 4.56. The van der Waals surface area contributed by atoms with E-state index in [4.69, 9.17) is 4.74 Å². The van der Waals surface area contributed by atoms with Gasteiger partial charge >= 0.3 is 12.1 Å². The van der Waals surface area contributed by atoms with E-state index in [0.29, 0.717) is 6.54 Å². The molecule has 7 heteroatoms. The van der Waals surface area contributed by atoms with Gasteiger partial charge in [-0.1, -0.05) is 68.8 Å². The monoisotopic (exact) mass is 476 g/mol. The molecule has 1 aliphatic heterocycles. The molecule has 0 aromatic heterocycles. The van der Waals surface area contributed by atoms with Crippen molar-refractivity contribution in [1.82, 2.24) is 10.2 Å². The van der Waals surface area contributed by atoms with Crippen LogP contribution in [0.1, 0.15) is 50.2 Å². The molecule has 1 heterocycles. The first-order valence-electron chi connectivity index (χ1n) is 12.4. The molecule has 7 nitrogen and oxygen atoms in total. The number of benzene rings is 2. The Hall–Kier alpha value is -3.35. The first kappa shape index (κ1) is 23.4. The van der Waals surface area contributed by atoms with Crippen molar-refractivity contribution in [2.45, 2.75) is 45.1 Å². The molecule has 1 unspecified atom stereocenters. The van der Waals surface area contributed by atoms with Crippen LogP contribution in [-0.4, -0.2) is 53.7 Å². The van der Waals surface area contributed by atoms with Crippen LogP contribution in [0.25, 0.3) is 11.1 Å². The Balaban J connectivity index is 1.25. The minimum absolute atomic E-state index is 0.0604. The van der Waals surface area contributed by atoms with Gasteiger partial charge in [0.05, 0.1) is 5.92 Å². The van der Waals surface area contributed by atoms with Gasteiger partial charge in [0.2, 0.25) is 5.91 Å². The summed E-state index contributed by atoms with van der Waals surface area (Å²) in [4.78, 5) is 39.6. The number of nitrogens with zero attached hydrogens (tertiary/aromatic N) is 1. The highest BCUT2D eigenvalue weighted by atomic mass is 16.5. The minimum Gasteiger partial charge on any atom is -0.481 e. The number of hydrogen-bond donors (Lipinski definition) is 2. The van der Waals surface area contributed by atoms with Gasteiger partial charge in [0.15, 0.2) is 0 Å². The normalized spacial score (nSPS) is 20.8. The summed E-state index contributed by atoms with van der Waals surface area (Å²) in [6.07, 6.45) is 2.03. The fraction of sp³-hybridized carbons (Fsp3) is 0.464. The number of nitrogens with one attached hydrogen (secondary N) is 1. The summed E-state index contributed by atoms with van der Waals surface area (Å²) in [5.74, 6) is -1.84. The van der Waals surface area contributed by atoms with Gasteiger partial charge in [0.1, 0.15) is 12.6 Å². The van der Waals surface area contributed by atoms with Crippen LogP contribution in [0.4, 0.5) is 4.79 Å². The number of ether oxygens (including phenoxy) is 1. The molecule has 3 aliphatic rings. The zero-order chi connectivity index (χ0) is 24.7. The summed E-state index contributed by atoms with van der Waals surface area (Å²) in [5, 5.41) is 12.5. The lowest BCUT2D eigenvalue weighted by Gasteiger charge is -2.41. The smallest absolute Gasteiger partial charge is 0.407 e. The molecule has 2 fully saturated rings. The van der Waals surface area contributed by atoms with Gasteiger partial charge in [-0.3, -0.25) is 9.59 Å². The van der Waals surface area contributed by atoms with Crippen molar-refractivity contribution in [3.8, 4) is 11.1 Å². The van der Waals surface area contributed by atoms with E-state index >= 15 is 0 Å². The van der Waals surface area contributed by atoms with Crippen molar-refractivity contribution < 1.29 is 24.2 Å². The number of fused-ring (bicyclic) bond motifs is 3. The number of hydrogen-bond acceptors (Lipinski definition) is 4. The van der Waals surface area contributed by atoms with Crippen LogP contribution < -0.4 is 5.32 Å². The summed E-state index contributed by atoms with van der Waals surface area (Å²) < 4.78 is 5.65. The maximum atomic E-state index is 13.4. The molecule has 2 amide bonds. The third kappa shape index (κ3) is 4.07. The van der Waals surface area contributed by atoms with E-state index < -0.39 is 24.0 Å². The number of alkyl carbamates (subject to hydrolysis) is 1. The van der Waals surface area contributed by atoms with Gasteiger partial charge in [-0.15, -0.1) is 0 Å². The average Bonchev–Trinajstić information content (AvgIpc) is 3.38. The van der Waals surface area contributed by atoms with Crippen LogP contribution in [0.5, 0.6) is 0 Å². The Kier molecular flexibility index (Phi) is 6.03. The van der Waals surface area contributed by atoms with Crippen molar-refractivity contribution >= 4 is 18.0 Å². The summed E-state index contributed by atoms with van der Waals surface area (Å²) >= 11 is 0. The van der Waals surface area contributed by atoms with Crippen LogP contribution >= 0.6 is 0 Å². The number of amides is 2. The number of aliphatic carboxylic acids is 1. The minimum atomic E-state index is -0.842. The molecular weight excluding hydrogens is 444 g/mol. The van der Waals surface area contributed by atoms with Crippen LogP contribution in [0.15, 0.2) is 48.5 Å². The predicted molar refractivity (Wildman–Crippen MR) is 131 cm³/mol. The molecule has 1 saturated heterocycles. The SMILES string of the molecule is CC(C)[C@H](NC(=O)OCC1c2ccccc2-c2ccccc21)C(=O)N1CC(C(=O)O)C2(CCC2)C1. The first-order chi connectivity index (χ1) is 16.8. The molecular formula is C28H32N2O5. The van der Waals surface area contributed by atoms with Crippen molar-refractivity contribution in [2.75, 3.05) is 19.7 Å². The quantitative estimate of drug-likeness (QED) is 0.649. The number of carboxylic acid groups (broad SMARTS) is 1. The number of rotatable bonds is 6. The Morgan fingerprint density at radius 3 is 2.14 bits per heavy atom. The molecule has 1 spiro atoms. The maximum Gasteiger partial charge on any atom is 0.407 e. The van der Waals surface area contributed by atoms with Crippen LogP contribution in [0.2, 0.25) is 0 Å². The molecule has 184 valence electrons. The summed E-state index contributed by atoms with van der Waals surface area (Å²) in [6, 6.07) is 15.5. The van der Waals surface area contributed by atoms with Gasteiger partial charge in [0.25, 0.3) is 0 Å². The topological polar surface area (TPSA) is 95.9 Å². The van der Waals surface area contributed by atoms with E-state index in [-0.39, 0.29) is 36.3 Å². The maximum absolute atomic E-state index is 13.4. The van der Waals surface area contributed by atoms with Gasteiger partial charge in [-0.25, -0.2) is 4.79 Å². The molecule has 1 saturated carbocycles. The largest absolute Gasteiger partial charge is 0.481 e. The number of carbonyl (C=O) groups excluding carboxylic acids is 2. The summed E-state index contributed by atoms with van der Waals surface area (Å²) in [7, 11) is 0. The van der Waals surface area contributed by atoms with E-state index in [2.05, 4.69) is 29.6 Å². The Labute approximate surface area is 205 Å². The molecule has 2 aliphatic carbocycles. The van der Waals surface area contributed by atoms with E-state index in [1.807, 2.05) is 38.1 Å². The number of carboxylic acids is 1. The fourth-order valence-electron chi connectivity index (χ4n) is 6.09. The molecule has 2 N–H and O–H groups in total. The zero-order valence-corrected chi connectivity index (χ0v) is 20.2. The zero-order valence-electron chi connectivity index (χ0n) is 20.2. The van der Waals surface area contributed by atoms with Crippen molar-refractivity contribution in [1.29, 1.82) is 0 Å². The highest BCUT2D eigenvalue weighted by molar-refractivity contribution is 5.87. The molecule has 2 aromatic rings. The van der Waals surface area contributed by atoms with Crippen molar-refractivity contribution in [3.05, 3.63) is 59.7 Å². The predicted octanol–water partition coefficient (Wildman–Crippen LogP) is 4.26. The Morgan fingerprint density at radius 2 is 1.66 bits per heavy atom. The third-order valence-electron chi connectivity index (χ3n) is 8.16.